The van der Waals surface area contributed by atoms with Gasteiger partial charge in [0.15, 0.2) is 0 Å². The number of amides is 2. The van der Waals surface area contributed by atoms with Gasteiger partial charge in [0, 0.05) is 31.3 Å². The zero-order valence-electron chi connectivity index (χ0n) is 17.1. The smallest absolute Gasteiger partial charge is 0.246 e. The SMILES string of the molecule is CN(C(=O)CCCCCOc1ccc2c(c1)CN1CC(=O)NC1=N2)c1ccccc1. The van der Waals surface area contributed by atoms with Crippen molar-refractivity contribution in [2.45, 2.75) is 32.2 Å². The summed E-state index contributed by atoms with van der Waals surface area (Å²) in [7, 11) is 1.82. The van der Waals surface area contributed by atoms with Crippen molar-refractivity contribution >= 4 is 29.1 Å². The van der Waals surface area contributed by atoms with Gasteiger partial charge in [-0.1, -0.05) is 18.2 Å². The molecule has 2 amide bonds. The van der Waals surface area contributed by atoms with Crippen molar-refractivity contribution in [3.8, 4) is 5.75 Å². The molecule has 30 heavy (non-hydrogen) atoms. The highest BCUT2D eigenvalue weighted by molar-refractivity contribution is 6.05. The molecule has 2 aliphatic rings. The first kappa shape index (κ1) is 19.9. The number of guanidine groups is 1. The number of carbonyl (C=O) groups excluding carboxylic acids is 2. The first-order valence-corrected chi connectivity index (χ1v) is 10.3. The number of hydrogen-bond acceptors (Lipinski definition) is 5. The molecule has 2 aliphatic heterocycles. The molecule has 7 nitrogen and oxygen atoms in total. The van der Waals surface area contributed by atoms with Crippen molar-refractivity contribution in [2.24, 2.45) is 4.99 Å². The number of para-hydroxylation sites is 1. The van der Waals surface area contributed by atoms with Crippen molar-refractivity contribution < 1.29 is 14.3 Å². The van der Waals surface area contributed by atoms with Crippen LogP contribution in [0, 0.1) is 0 Å². The molecule has 156 valence electrons. The third-order valence-corrected chi connectivity index (χ3v) is 5.35. The number of unbranched alkanes of at least 4 members (excludes halogenated alkanes) is 2. The maximum Gasteiger partial charge on any atom is 0.246 e. The molecule has 2 heterocycles. The number of carbonyl (C=O) groups is 2. The van der Waals surface area contributed by atoms with Crippen LogP contribution in [-0.2, 0) is 16.1 Å². The van der Waals surface area contributed by atoms with E-state index in [2.05, 4.69) is 10.3 Å². The average Bonchev–Trinajstić information content (AvgIpc) is 3.13. The summed E-state index contributed by atoms with van der Waals surface area (Å²) in [5.74, 6) is 1.55. The molecular weight excluding hydrogens is 380 g/mol. The summed E-state index contributed by atoms with van der Waals surface area (Å²) < 4.78 is 5.88. The fourth-order valence-corrected chi connectivity index (χ4v) is 3.64. The number of benzene rings is 2. The monoisotopic (exact) mass is 406 g/mol. The van der Waals surface area contributed by atoms with E-state index in [-0.39, 0.29) is 11.8 Å². The summed E-state index contributed by atoms with van der Waals surface area (Å²) >= 11 is 0. The molecule has 7 heteroatoms. The lowest BCUT2D eigenvalue weighted by Crippen LogP contribution is -2.31. The first-order valence-electron chi connectivity index (χ1n) is 10.3. The van der Waals surface area contributed by atoms with Crippen LogP contribution >= 0.6 is 0 Å². The predicted molar refractivity (Wildman–Crippen MR) is 116 cm³/mol. The lowest BCUT2D eigenvalue weighted by Gasteiger charge is -2.23. The van der Waals surface area contributed by atoms with Crippen molar-refractivity contribution in [2.75, 3.05) is 25.1 Å². The topological polar surface area (TPSA) is 74.2 Å². The molecule has 1 N–H and O–H groups in total. The Morgan fingerprint density at radius 3 is 2.80 bits per heavy atom. The number of hydrogen-bond donors (Lipinski definition) is 1. The van der Waals surface area contributed by atoms with Crippen LogP contribution < -0.4 is 15.0 Å². The number of nitrogens with one attached hydrogen (secondary N) is 1. The predicted octanol–water partition coefficient (Wildman–Crippen LogP) is 3.22. The van der Waals surface area contributed by atoms with Crippen molar-refractivity contribution in [3.63, 3.8) is 0 Å². The Balaban J connectivity index is 1.18. The van der Waals surface area contributed by atoms with Crippen LogP contribution in [0.5, 0.6) is 5.75 Å². The summed E-state index contributed by atoms with van der Waals surface area (Å²) in [6.45, 7) is 1.61. The lowest BCUT2D eigenvalue weighted by atomic mass is 10.1. The van der Waals surface area contributed by atoms with E-state index in [1.165, 1.54) is 0 Å². The standard InChI is InChI=1S/C23H26N4O3/c1-26(18-8-4-2-5-9-18)22(29)10-6-3-7-13-30-19-11-12-20-17(14-19)15-27-16-21(28)25-23(27)24-20/h2,4-5,8-9,11-12,14H,3,6-7,10,13,15-16H2,1H3,(H,24,25,28). The zero-order chi connectivity index (χ0) is 20.9. The van der Waals surface area contributed by atoms with Crippen LogP contribution in [0.4, 0.5) is 11.4 Å². The number of fused-ring (bicyclic) bond motifs is 2. The van der Waals surface area contributed by atoms with E-state index < -0.39 is 0 Å². The molecule has 0 aromatic heterocycles. The van der Waals surface area contributed by atoms with E-state index in [1.54, 1.807) is 4.90 Å². The van der Waals surface area contributed by atoms with Crippen LogP contribution in [-0.4, -0.2) is 42.9 Å². The van der Waals surface area contributed by atoms with Crippen molar-refractivity contribution in [1.82, 2.24) is 10.2 Å². The number of rotatable bonds is 8. The fourth-order valence-electron chi connectivity index (χ4n) is 3.64. The molecule has 0 radical (unpaired) electrons. The molecular formula is C23H26N4O3. The normalized spacial score (nSPS) is 14.5. The van der Waals surface area contributed by atoms with E-state index in [4.69, 9.17) is 4.74 Å². The van der Waals surface area contributed by atoms with Crippen LogP contribution in [0.1, 0.15) is 31.2 Å². The van der Waals surface area contributed by atoms with E-state index in [0.29, 0.717) is 32.1 Å². The Bertz CT molecular complexity index is 958. The van der Waals surface area contributed by atoms with Crippen LogP contribution in [0.3, 0.4) is 0 Å². The molecule has 0 saturated carbocycles. The molecule has 0 aliphatic carbocycles. The molecule has 0 atom stereocenters. The molecule has 0 spiro atoms. The van der Waals surface area contributed by atoms with Gasteiger partial charge in [-0.05, 0) is 49.6 Å². The van der Waals surface area contributed by atoms with Gasteiger partial charge in [-0.2, -0.15) is 0 Å². The van der Waals surface area contributed by atoms with Gasteiger partial charge in [0.2, 0.25) is 17.8 Å². The molecule has 1 fully saturated rings. The zero-order valence-corrected chi connectivity index (χ0v) is 17.1. The van der Waals surface area contributed by atoms with Crippen LogP contribution in [0.25, 0.3) is 0 Å². The number of nitrogens with zero attached hydrogens (tertiary/aromatic N) is 3. The summed E-state index contributed by atoms with van der Waals surface area (Å²) in [6, 6.07) is 15.5. The molecule has 4 rings (SSSR count). The van der Waals surface area contributed by atoms with Crippen LogP contribution in [0.2, 0.25) is 0 Å². The number of anilines is 1. The Labute approximate surface area is 176 Å². The van der Waals surface area contributed by atoms with E-state index in [0.717, 1.165) is 42.0 Å². The summed E-state index contributed by atoms with van der Waals surface area (Å²) in [4.78, 5) is 31.9. The van der Waals surface area contributed by atoms with E-state index in [1.807, 2.05) is 60.5 Å². The second-order valence-electron chi connectivity index (χ2n) is 7.58. The Morgan fingerprint density at radius 1 is 1.13 bits per heavy atom. The van der Waals surface area contributed by atoms with E-state index >= 15 is 0 Å². The van der Waals surface area contributed by atoms with Gasteiger partial charge in [0.05, 0.1) is 12.3 Å². The van der Waals surface area contributed by atoms with Gasteiger partial charge < -0.3 is 14.5 Å². The Hall–Kier alpha value is -3.35. The van der Waals surface area contributed by atoms with Gasteiger partial charge >= 0.3 is 0 Å². The minimum atomic E-state index is -0.0218. The molecule has 1 saturated heterocycles. The van der Waals surface area contributed by atoms with Gasteiger partial charge in [0.1, 0.15) is 12.3 Å². The summed E-state index contributed by atoms with van der Waals surface area (Å²) in [5, 5.41) is 2.77. The quantitative estimate of drug-likeness (QED) is 0.683. The third-order valence-electron chi connectivity index (χ3n) is 5.35. The van der Waals surface area contributed by atoms with Crippen LogP contribution in [0.15, 0.2) is 53.5 Å². The Kier molecular flexibility index (Phi) is 5.97. The molecule has 0 unspecified atom stereocenters. The Morgan fingerprint density at radius 2 is 1.97 bits per heavy atom. The minimum absolute atomic E-state index is 0.0218. The van der Waals surface area contributed by atoms with Gasteiger partial charge in [-0.3, -0.25) is 14.9 Å². The second kappa shape index (κ2) is 8.98. The highest BCUT2D eigenvalue weighted by atomic mass is 16.5. The van der Waals surface area contributed by atoms with E-state index in [9.17, 15) is 9.59 Å². The maximum absolute atomic E-state index is 12.3. The average molecular weight is 406 g/mol. The van der Waals surface area contributed by atoms with Gasteiger partial charge in [0.25, 0.3) is 0 Å². The van der Waals surface area contributed by atoms with Crippen molar-refractivity contribution in [1.29, 1.82) is 0 Å². The van der Waals surface area contributed by atoms with Gasteiger partial charge in [-0.25, -0.2) is 4.99 Å². The summed E-state index contributed by atoms with van der Waals surface area (Å²) in [6.07, 6.45) is 3.21. The number of ether oxygens (including phenoxy) is 1. The number of aliphatic imine (C=N–C) groups is 1. The molecule has 0 bridgehead atoms. The van der Waals surface area contributed by atoms with Crippen molar-refractivity contribution in [3.05, 3.63) is 54.1 Å². The highest BCUT2D eigenvalue weighted by Gasteiger charge is 2.29. The first-order chi connectivity index (χ1) is 14.6. The minimum Gasteiger partial charge on any atom is -0.494 e. The summed E-state index contributed by atoms with van der Waals surface area (Å²) in [5.41, 5.74) is 2.85. The fraction of sp³-hybridized carbons (Fsp3) is 0.348. The van der Waals surface area contributed by atoms with Gasteiger partial charge in [-0.15, -0.1) is 0 Å². The maximum atomic E-state index is 12.3. The lowest BCUT2D eigenvalue weighted by molar-refractivity contribution is -0.119. The highest BCUT2D eigenvalue weighted by Crippen LogP contribution is 2.30. The second-order valence-corrected chi connectivity index (χ2v) is 7.58. The molecule has 2 aromatic rings. The largest absolute Gasteiger partial charge is 0.494 e. The third kappa shape index (κ3) is 4.62. The molecule has 2 aromatic carbocycles.